The van der Waals surface area contributed by atoms with Gasteiger partial charge in [-0.2, -0.15) is 0 Å². The Balaban J connectivity index is 2.50. The Kier molecular flexibility index (Phi) is 6.28. The van der Waals surface area contributed by atoms with Crippen LogP contribution in [-0.4, -0.2) is 35.3 Å². The van der Waals surface area contributed by atoms with Crippen LogP contribution < -0.4 is 5.32 Å². The van der Waals surface area contributed by atoms with Crippen LogP contribution in [0, 0.1) is 13.8 Å². The van der Waals surface area contributed by atoms with Gasteiger partial charge in [0, 0.05) is 26.0 Å². The number of carbonyl (C=O) groups excluding carboxylic acids is 2. The summed E-state index contributed by atoms with van der Waals surface area (Å²) >= 11 is 0. The minimum absolute atomic E-state index is 0.161. The second-order valence-electron chi connectivity index (χ2n) is 6.14. The molecule has 0 aliphatic heterocycles. The molecule has 0 saturated heterocycles. The van der Waals surface area contributed by atoms with E-state index >= 15 is 0 Å². The highest BCUT2D eigenvalue weighted by molar-refractivity contribution is 5.97. The number of nitrogens with one attached hydrogen (secondary N) is 1. The number of carbonyl (C=O) groups is 2. The highest BCUT2D eigenvalue weighted by Crippen LogP contribution is 2.30. The summed E-state index contributed by atoms with van der Waals surface area (Å²) < 4.78 is 0. The monoisotopic (exact) mass is 339 g/mol. The Bertz CT molecular complexity index is 724. The number of benzene rings is 1. The third-order valence-electron chi connectivity index (χ3n) is 4.12. The van der Waals surface area contributed by atoms with Gasteiger partial charge >= 0.3 is 0 Å². The zero-order valence-electron chi connectivity index (χ0n) is 15.2. The predicted molar refractivity (Wildman–Crippen MR) is 98.1 cm³/mol. The third kappa shape index (κ3) is 4.66. The lowest BCUT2D eigenvalue weighted by molar-refractivity contribution is -0.137. The lowest BCUT2D eigenvalue weighted by atomic mass is 9.95. The number of aryl methyl sites for hydroxylation is 2. The third-order valence-corrected chi connectivity index (χ3v) is 4.12. The molecule has 0 saturated carbocycles. The van der Waals surface area contributed by atoms with Gasteiger partial charge in [0.25, 0.3) is 0 Å². The van der Waals surface area contributed by atoms with E-state index in [2.05, 4.69) is 28.5 Å². The second-order valence-corrected chi connectivity index (χ2v) is 6.14. The highest BCUT2D eigenvalue weighted by Gasteiger charge is 2.27. The summed E-state index contributed by atoms with van der Waals surface area (Å²) in [6.07, 6.45) is 3.33. The van der Waals surface area contributed by atoms with Crippen LogP contribution in [0.15, 0.2) is 42.7 Å². The fraction of sp³-hybridized carbons (Fsp3) is 0.350. The van der Waals surface area contributed by atoms with E-state index in [4.69, 9.17) is 0 Å². The van der Waals surface area contributed by atoms with Crippen molar-refractivity contribution in [2.24, 2.45) is 0 Å². The van der Waals surface area contributed by atoms with E-state index in [1.165, 1.54) is 7.05 Å². The molecule has 132 valence electrons. The van der Waals surface area contributed by atoms with Gasteiger partial charge in [-0.25, -0.2) is 0 Å². The van der Waals surface area contributed by atoms with Crippen LogP contribution in [0.1, 0.15) is 41.6 Å². The minimum atomic E-state index is -0.284. The molecule has 1 aromatic heterocycles. The highest BCUT2D eigenvalue weighted by atomic mass is 16.2. The summed E-state index contributed by atoms with van der Waals surface area (Å²) in [6, 6.07) is 9.83. The summed E-state index contributed by atoms with van der Waals surface area (Å²) in [5.74, 6) is -0.483. The Morgan fingerprint density at radius 3 is 2.36 bits per heavy atom. The SMILES string of the molecule is CCN(C(=O)CC(=O)NC)[C@H](c1cccnc1)c1cc(C)cc(C)c1. The van der Waals surface area contributed by atoms with Crippen LogP contribution in [-0.2, 0) is 9.59 Å². The summed E-state index contributed by atoms with van der Waals surface area (Å²) in [5.41, 5.74) is 4.23. The number of amides is 2. The van der Waals surface area contributed by atoms with Gasteiger partial charge in [-0.15, -0.1) is 0 Å². The molecule has 0 unspecified atom stereocenters. The molecule has 5 nitrogen and oxygen atoms in total. The first kappa shape index (κ1) is 18.6. The van der Waals surface area contributed by atoms with Crippen molar-refractivity contribution in [1.82, 2.24) is 15.2 Å². The molecule has 1 atom stereocenters. The first-order valence-corrected chi connectivity index (χ1v) is 8.44. The van der Waals surface area contributed by atoms with Gasteiger partial charge in [0.2, 0.25) is 11.8 Å². The van der Waals surface area contributed by atoms with Crippen molar-refractivity contribution < 1.29 is 9.59 Å². The Hall–Kier alpha value is -2.69. The molecule has 5 heteroatoms. The van der Waals surface area contributed by atoms with E-state index in [9.17, 15) is 9.59 Å². The van der Waals surface area contributed by atoms with Gasteiger partial charge in [-0.05, 0) is 38.0 Å². The fourth-order valence-electron chi connectivity index (χ4n) is 3.09. The minimum Gasteiger partial charge on any atom is -0.359 e. The van der Waals surface area contributed by atoms with Gasteiger partial charge in [0.1, 0.15) is 6.42 Å². The lowest BCUT2D eigenvalue weighted by Crippen LogP contribution is -2.38. The average Bonchev–Trinajstić information content (AvgIpc) is 2.59. The van der Waals surface area contributed by atoms with Crippen LogP contribution in [0.3, 0.4) is 0 Å². The van der Waals surface area contributed by atoms with Crippen LogP contribution in [0.2, 0.25) is 0 Å². The molecule has 0 bridgehead atoms. The standard InChI is InChI=1S/C20H25N3O2/c1-5-23(19(25)12-18(24)21-4)20(16-7-6-8-22-13-16)17-10-14(2)9-15(3)11-17/h6-11,13,20H,5,12H2,1-4H3,(H,21,24)/t20-/m1/s1. The largest absolute Gasteiger partial charge is 0.359 e. The smallest absolute Gasteiger partial charge is 0.232 e. The number of aromatic nitrogens is 1. The molecule has 1 N–H and O–H groups in total. The zero-order valence-corrected chi connectivity index (χ0v) is 15.2. The van der Waals surface area contributed by atoms with Gasteiger partial charge in [-0.3, -0.25) is 14.6 Å². The molecular weight excluding hydrogens is 314 g/mol. The first-order valence-electron chi connectivity index (χ1n) is 8.44. The maximum Gasteiger partial charge on any atom is 0.232 e. The van der Waals surface area contributed by atoms with Crippen LogP contribution >= 0.6 is 0 Å². The summed E-state index contributed by atoms with van der Waals surface area (Å²) in [4.78, 5) is 30.4. The van der Waals surface area contributed by atoms with Gasteiger partial charge in [-0.1, -0.05) is 35.4 Å². The molecule has 25 heavy (non-hydrogen) atoms. The number of nitrogens with zero attached hydrogens (tertiary/aromatic N) is 2. The maximum atomic E-state index is 12.7. The van der Waals surface area contributed by atoms with Crippen molar-refractivity contribution in [2.75, 3.05) is 13.6 Å². The Labute approximate surface area is 149 Å². The number of hydrogen-bond acceptors (Lipinski definition) is 3. The van der Waals surface area contributed by atoms with Crippen LogP contribution in [0.5, 0.6) is 0 Å². The van der Waals surface area contributed by atoms with E-state index in [-0.39, 0.29) is 24.3 Å². The van der Waals surface area contributed by atoms with E-state index in [0.29, 0.717) is 6.54 Å². The molecular formula is C20H25N3O2. The molecule has 0 spiro atoms. The number of rotatable bonds is 6. The molecule has 1 heterocycles. The van der Waals surface area contributed by atoms with E-state index in [1.54, 1.807) is 17.3 Å². The first-order chi connectivity index (χ1) is 12.0. The van der Waals surface area contributed by atoms with E-state index < -0.39 is 0 Å². The van der Waals surface area contributed by atoms with Crippen LogP contribution in [0.4, 0.5) is 0 Å². The number of hydrogen-bond donors (Lipinski definition) is 1. The molecule has 0 aliphatic rings. The average molecular weight is 339 g/mol. The van der Waals surface area contributed by atoms with Gasteiger partial charge in [0.05, 0.1) is 6.04 Å². The summed E-state index contributed by atoms with van der Waals surface area (Å²) in [5, 5.41) is 2.51. The van der Waals surface area contributed by atoms with Gasteiger partial charge < -0.3 is 10.2 Å². The molecule has 2 amide bonds. The fourth-order valence-corrected chi connectivity index (χ4v) is 3.09. The second kappa shape index (κ2) is 8.42. The lowest BCUT2D eigenvalue weighted by Gasteiger charge is -2.32. The van der Waals surface area contributed by atoms with Crippen molar-refractivity contribution >= 4 is 11.8 Å². The topological polar surface area (TPSA) is 62.3 Å². The molecule has 1 aromatic carbocycles. The van der Waals surface area contributed by atoms with Crippen molar-refractivity contribution in [1.29, 1.82) is 0 Å². The molecule has 2 rings (SSSR count). The Morgan fingerprint density at radius 1 is 1.16 bits per heavy atom. The Morgan fingerprint density at radius 2 is 1.84 bits per heavy atom. The molecule has 0 aliphatic carbocycles. The normalized spacial score (nSPS) is 11.7. The van der Waals surface area contributed by atoms with Crippen molar-refractivity contribution in [3.63, 3.8) is 0 Å². The van der Waals surface area contributed by atoms with E-state index in [0.717, 1.165) is 22.3 Å². The summed E-state index contributed by atoms with van der Waals surface area (Å²) in [7, 11) is 1.54. The maximum absolute atomic E-state index is 12.7. The number of pyridine rings is 1. The van der Waals surface area contributed by atoms with E-state index in [1.807, 2.05) is 32.9 Å². The van der Waals surface area contributed by atoms with Crippen LogP contribution in [0.25, 0.3) is 0 Å². The molecule has 0 fully saturated rings. The zero-order chi connectivity index (χ0) is 18.4. The quantitative estimate of drug-likeness (QED) is 0.823. The van der Waals surface area contributed by atoms with Crippen molar-refractivity contribution in [3.05, 3.63) is 65.0 Å². The van der Waals surface area contributed by atoms with Crippen molar-refractivity contribution in [3.8, 4) is 0 Å². The molecule has 2 aromatic rings. The summed E-state index contributed by atoms with van der Waals surface area (Å²) in [6.45, 7) is 6.51. The van der Waals surface area contributed by atoms with Gasteiger partial charge in [0.15, 0.2) is 0 Å². The van der Waals surface area contributed by atoms with Crippen molar-refractivity contribution in [2.45, 2.75) is 33.2 Å². The molecule has 0 radical (unpaired) electrons. The predicted octanol–water partition coefficient (Wildman–Crippen LogP) is 2.77.